The van der Waals surface area contributed by atoms with E-state index in [0.29, 0.717) is 26.4 Å². The molecule has 1 heterocycles. The van der Waals surface area contributed by atoms with Crippen molar-refractivity contribution in [3.8, 4) is 17.2 Å². The largest absolute Gasteiger partial charge is 0.488 e. The van der Waals surface area contributed by atoms with Crippen molar-refractivity contribution in [3.05, 3.63) is 82.3 Å². The molecule has 4 nitrogen and oxygen atoms in total. The third-order valence-corrected chi connectivity index (χ3v) is 4.89. The summed E-state index contributed by atoms with van der Waals surface area (Å²) < 4.78 is 18.0. The normalized spacial score (nSPS) is 12.5. The van der Waals surface area contributed by atoms with Gasteiger partial charge in [-0.05, 0) is 51.3 Å². The molecule has 1 N–H and O–H groups in total. The summed E-state index contributed by atoms with van der Waals surface area (Å²) in [6.07, 6.45) is 0. The standard InChI is InChI=1S/C22H20BrNO3/c23-19-12-17(6-8-20(19)27-15-16-4-2-1-3-5-16)14-24-18-7-9-21-22(13-18)26-11-10-25-21/h1-9,12-13,24H,10-11,14-15H2. The zero-order valence-electron chi connectivity index (χ0n) is 14.8. The summed E-state index contributed by atoms with van der Waals surface area (Å²) in [5.74, 6) is 2.42. The first-order valence-corrected chi connectivity index (χ1v) is 9.66. The van der Waals surface area contributed by atoms with Gasteiger partial charge < -0.3 is 19.5 Å². The molecule has 0 aliphatic carbocycles. The third-order valence-electron chi connectivity index (χ3n) is 4.27. The van der Waals surface area contributed by atoms with Gasteiger partial charge in [-0.1, -0.05) is 36.4 Å². The van der Waals surface area contributed by atoms with Crippen LogP contribution in [0.25, 0.3) is 0 Å². The van der Waals surface area contributed by atoms with Crippen LogP contribution in [-0.4, -0.2) is 13.2 Å². The number of fused-ring (bicyclic) bond motifs is 1. The molecule has 0 unspecified atom stereocenters. The molecule has 138 valence electrons. The average Bonchev–Trinajstić information content (AvgIpc) is 2.72. The number of rotatable bonds is 6. The Morgan fingerprint density at radius 3 is 2.48 bits per heavy atom. The molecule has 0 radical (unpaired) electrons. The molecule has 1 aliphatic rings. The molecule has 0 fully saturated rings. The molecule has 5 heteroatoms. The van der Waals surface area contributed by atoms with Crippen molar-refractivity contribution in [2.75, 3.05) is 18.5 Å². The quantitative estimate of drug-likeness (QED) is 0.572. The number of anilines is 1. The number of hydrogen-bond donors (Lipinski definition) is 1. The van der Waals surface area contributed by atoms with E-state index in [9.17, 15) is 0 Å². The predicted octanol–water partition coefficient (Wildman–Crippen LogP) is 5.41. The van der Waals surface area contributed by atoms with Crippen molar-refractivity contribution >= 4 is 21.6 Å². The van der Waals surface area contributed by atoms with E-state index in [-0.39, 0.29) is 0 Å². The molecule has 0 saturated carbocycles. The minimum absolute atomic E-state index is 0.550. The summed E-state index contributed by atoms with van der Waals surface area (Å²) in [5.41, 5.74) is 3.30. The molecule has 0 atom stereocenters. The van der Waals surface area contributed by atoms with Gasteiger partial charge >= 0.3 is 0 Å². The van der Waals surface area contributed by atoms with Crippen molar-refractivity contribution in [2.45, 2.75) is 13.2 Å². The van der Waals surface area contributed by atoms with Crippen molar-refractivity contribution in [2.24, 2.45) is 0 Å². The maximum Gasteiger partial charge on any atom is 0.163 e. The van der Waals surface area contributed by atoms with E-state index in [4.69, 9.17) is 14.2 Å². The van der Waals surface area contributed by atoms with Gasteiger partial charge in [0.25, 0.3) is 0 Å². The van der Waals surface area contributed by atoms with Gasteiger partial charge in [0.05, 0.1) is 4.47 Å². The summed E-state index contributed by atoms with van der Waals surface area (Å²) in [7, 11) is 0. The lowest BCUT2D eigenvalue weighted by atomic mass is 10.2. The summed E-state index contributed by atoms with van der Waals surface area (Å²) in [6, 6.07) is 22.2. The number of hydrogen-bond acceptors (Lipinski definition) is 4. The Morgan fingerprint density at radius 2 is 1.67 bits per heavy atom. The summed E-state index contributed by atoms with van der Waals surface area (Å²) in [5, 5.41) is 3.42. The van der Waals surface area contributed by atoms with Crippen LogP contribution in [0.15, 0.2) is 71.2 Å². The van der Waals surface area contributed by atoms with Gasteiger partial charge in [0, 0.05) is 18.3 Å². The Morgan fingerprint density at radius 1 is 0.852 bits per heavy atom. The maximum atomic E-state index is 5.91. The molecular formula is C22H20BrNO3. The lowest BCUT2D eigenvalue weighted by Crippen LogP contribution is -2.15. The SMILES string of the molecule is Brc1cc(CNc2ccc3c(c2)OCCO3)ccc1OCc1ccccc1. The molecule has 0 amide bonds. The van der Waals surface area contributed by atoms with Crippen molar-refractivity contribution in [1.29, 1.82) is 0 Å². The van der Waals surface area contributed by atoms with Crippen LogP contribution in [0, 0.1) is 0 Å². The van der Waals surface area contributed by atoms with Crippen LogP contribution in [0.4, 0.5) is 5.69 Å². The van der Waals surface area contributed by atoms with E-state index in [1.807, 2.05) is 42.5 Å². The van der Waals surface area contributed by atoms with Gasteiger partial charge in [0.15, 0.2) is 11.5 Å². The van der Waals surface area contributed by atoms with Gasteiger partial charge in [0.2, 0.25) is 0 Å². The van der Waals surface area contributed by atoms with Gasteiger partial charge in [-0.15, -0.1) is 0 Å². The fourth-order valence-corrected chi connectivity index (χ4v) is 3.40. The molecule has 0 aromatic heterocycles. The van der Waals surface area contributed by atoms with Crippen LogP contribution >= 0.6 is 15.9 Å². The number of halogens is 1. The fourth-order valence-electron chi connectivity index (χ4n) is 2.86. The molecule has 0 saturated heterocycles. The Balaban J connectivity index is 1.36. The van der Waals surface area contributed by atoms with E-state index >= 15 is 0 Å². The highest BCUT2D eigenvalue weighted by atomic mass is 79.9. The van der Waals surface area contributed by atoms with Crippen molar-refractivity contribution in [1.82, 2.24) is 0 Å². The van der Waals surface area contributed by atoms with Crippen LogP contribution in [0.5, 0.6) is 17.2 Å². The summed E-state index contributed by atoms with van der Waals surface area (Å²) >= 11 is 3.61. The summed E-state index contributed by atoms with van der Waals surface area (Å²) in [4.78, 5) is 0. The highest BCUT2D eigenvalue weighted by Gasteiger charge is 2.11. The highest BCUT2D eigenvalue weighted by Crippen LogP contribution is 2.33. The van der Waals surface area contributed by atoms with E-state index < -0.39 is 0 Å². The van der Waals surface area contributed by atoms with E-state index in [0.717, 1.165) is 38.5 Å². The van der Waals surface area contributed by atoms with E-state index in [1.54, 1.807) is 0 Å². The van der Waals surface area contributed by atoms with E-state index in [2.05, 4.69) is 45.5 Å². The Hall–Kier alpha value is -2.66. The van der Waals surface area contributed by atoms with Crippen LogP contribution in [0.3, 0.4) is 0 Å². The van der Waals surface area contributed by atoms with Crippen molar-refractivity contribution < 1.29 is 14.2 Å². The van der Waals surface area contributed by atoms with Crippen LogP contribution in [0.2, 0.25) is 0 Å². The zero-order chi connectivity index (χ0) is 18.5. The smallest absolute Gasteiger partial charge is 0.163 e. The number of nitrogens with one attached hydrogen (secondary N) is 1. The highest BCUT2D eigenvalue weighted by molar-refractivity contribution is 9.10. The monoisotopic (exact) mass is 425 g/mol. The molecule has 3 aromatic carbocycles. The minimum Gasteiger partial charge on any atom is -0.488 e. The van der Waals surface area contributed by atoms with Crippen LogP contribution in [-0.2, 0) is 13.2 Å². The molecule has 4 rings (SSSR count). The first kappa shape index (κ1) is 17.7. The lowest BCUT2D eigenvalue weighted by Gasteiger charge is -2.19. The third kappa shape index (κ3) is 4.55. The molecule has 3 aromatic rings. The number of ether oxygens (including phenoxy) is 3. The second-order valence-corrected chi connectivity index (χ2v) is 7.11. The van der Waals surface area contributed by atoms with Gasteiger partial charge in [-0.3, -0.25) is 0 Å². The second kappa shape index (κ2) is 8.35. The lowest BCUT2D eigenvalue weighted by molar-refractivity contribution is 0.171. The first-order chi connectivity index (χ1) is 13.3. The van der Waals surface area contributed by atoms with Crippen LogP contribution in [0.1, 0.15) is 11.1 Å². The second-order valence-electron chi connectivity index (χ2n) is 6.25. The average molecular weight is 426 g/mol. The fraction of sp³-hybridized carbons (Fsp3) is 0.182. The Labute approximate surface area is 167 Å². The van der Waals surface area contributed by atoms with Crippen molar-refractivity contribution in [3.63, 3.8) is 0 Å². The first-order valence-electron chi connectivity index (χ1n) is 8.86. The summed E-state index contributed by atoms with van der Waals surface area (Å²) in [6.45, 7) is 2.45. The molecule has 0 bridgehead atoms. The Kier molecular flexibility index (Phi) is 5.49. The molecule has 1 aliphatic heterocycles. The van der Waals surface area contributed by atoms with E-state index in [1.165, 1.54) is 0 Å². The van der Waals surface area contributed by atoms with Gasteiger partial charge in [-0.25, -0.2) is 0 Å². The maximum absolute atomic E-state index is 5.91. The minimum atomic E-state index is 0.550. The van der Waals surface area contributed by atoms with Gasteiger partial charge in [0.1, 0.15) is 25.6 Å². The van der Waals surface area contributed by atoms with Crippen LogP contribution < -0.4 is 19.5 Å². The van der Waals surface area contributed by atoms with Gasteiger partial charge in [-0.2, -0.15) is 0 Å². The topological polar surface area (TPSA) is 39.7 Å². The zero-order valence-corrected chi connectivity index (χ0v) is 16.4. The molecule has 27 heavy (non-hydrogen) atoms. The Bertz CT molecular complexity index is 915. The molecule has 0 spiro atoms. The predicted molar refractivity (Wildman–Crippen MR) is 110 cm³/mol. The molecular weight excluding hydrogens is 406 g/mol. The number of benzene rings is 3.